The molecule has 110 valence electrons. The number of ether oxygens (including phenoxy) is 1. The number of hydrogen-bond donors (Lipinski definition) is 1. The number of benzene rings is 1. The Bertz CT molecular complexity index is 615. The van der Waals surface area contributed by atoms with Crippen molar-refractivity contribution >= 4 is 10.0 Å². The van der Waals surface area contributed by atoms with E-state index in [4.69, 9.17) is 4.74 Å². The molecule has 1 aromatic rings. The monoisotopic (exact) mass is 296 g/mol. The van der Waals surface area contributed by atoms with Crippen LogP contribution in [0.1, 0.15) is 18.1 Å². The average Bonchev–Trinajstić information content (AvgIpc) is 2.95. The second kappa shape index (κ2) is 5.11. The second-order valence-electron chi connectivity index (χ2n) is 5.85. The number of rotatable bonds is 3. The summed E-state index contributed by atoms with van der Waals surface area (Å²) in [5.41, 5.74) is 2.06. The van der Waals surface area contributed by atoms with Crippen LogP contribution in [0, 0.1) is 5.92 Å². The Morgan fingerprint density at radius 2 is 2.00 bits per heavy atom. The second-order valence-corrected chi connectivity index (χ2v) is 7.56. The molecular weight excluding hydrogens is 276 g/mol. The predicted molar refractivity (Wildman–Crippen MR) is 75.7 cm³/mol. The molecule has 5 nitrogen and oxygen atoms in total. The topological polar surface area (TPSA) is 58.6 Å². The molecule has 3 rings (SSSR count). The van der Waals surface area contributed by atoms with E-state index in [-0.39, 0.29) is 6.04 Å². The van der Waals surface area contributed by atoms with Crippen molar-refractivity contribution in [3.05, 3.63) is 29.3 Å². The lowest BCUT2D eigenvalue weighted by atomic mass is 10.1. The fraction of sp³-hybridized carbons (Fsp3) is 0.571. The quantitative estimate of drug-likeness (QED) is 0.902. The van der Waals surface area contributed by atoms with Gasteiger partial charge < -0.3 is 9.64 Å². The van der Waals surface area contributed by atoms with Gasteiger partial charge in [0.1, 0.15) is 0 Å². The molecule has 1 saturated heterocycles. The Labute approximate surface area is 120 Å². The molecule has 1 N–H and O–H groups in total. The zero-order valence-electron chi connectivity index (χ0n) is 11.8. The first-order valence-electron chi connectivity index (χ1n) is 6.86. The summed E-state index contributed by atoms with van der Waals surface area (Å²) in [7, 11) is -1.44. The van der Waals surface area contributed by atoms with Crippen molar-refractivity contribution in [2.45, 2.75) is 31.1 Å². The van der Waals surface area contributed by atoms with Gasteiger partial charge in [0.2, 0.25) is 10.0 Å². The molecule has 0 radical (unpaired) electrons. The molecular formula is C14H20N2O3S. The third-order valence-corrected chi connectivity index (χ3v) is 5.59. The van der Waals surface area contributed by atoms with E-state index in [1.54, 1.807) is 12.1 Å². The van der Waals surface area contributed by atoms with Crippen LogP contribution < -0.4 is 4.72 Å². The summed E-state index contributed by atoms with van der Waals surface area (Å²) in [4.78, 5) is 2.48. The molecule has 0 aliphatic carbocycles. The average molecular weight is 296 g/mol. The van der Waals surface area contributed by atoms with Gasteiger partial charge in [0.15, 0.2) is 0 Å². The van der Waals surface area contributed by atoms with Crippen LogP contribution in [0.15, 0.2) is 23.1 Å². The Morgan fingerprint density at radius 3 is 2.70 bits per heavy atom. The molecule has 2 aliphatic heterocycles. The Kier molecular flexibility index (Phi) is 3.58. The van der Waals surface area contributed by atoms with Crippen LogP contribution in [0.3, 0.4) is 0 Å². The lowest BCUT2D eigenvalue weighted by Crippen LogP contribution is -2.39. The summed E-state index contributed by atoms with van der Waals surface area (Å²) < 4.78 is 33.1. The number of fused-ring (bicyclic) bond motifs is 1. The fourth-order valence-corrected chi connectivity index (χ4v) is 4.33. The lowest BCUT2D eigenvalue weighted by molar-refractivity contribution is 0.134. The predicted octanol–water partition coefficient (Wildman–Crippen LogP) is 0.945. The first-order chi connectivity index (χ1) is 9.45. The van der Waals surface area contributed by atoms with Crippen LogP contribution >= 0.6 is 0 Å². The van der Waals surface area contributed by atoms with Gasteiger partial charge >= 0.3 is 0 Å². The Hall–Kier alpha value is -0.950. The van der Waals surface area contributed by atoms with Crippen molar-refractivity contribution in [2.24, 2.45) is 5.92 Å². The summed E-state index contributed by atoms with van der Waals surface area (Å²) in [6.45, 7) is 4.84. The summed E-state index contributed by atoms with van der Waals surface area (Å²) in [6, 6.07) is 5.23. The normalized spacial score (nSPS) is 26.9. The van der Waals surface area contributed by atoms with Gasteiger partial charge in [-0.15, -0.1) is 0 Å². The number of nitrogens with one attached hydrogen (secondary N) is 1. The standard InChI is InChI=1S/C14H20N2O3S/c1-10-6-16(2)7-14(10)15-20(17,18)13-4-3-11-8-19-9-12(11)5-13/h3-5,10,14-15H,6-9H2,1-2H3/t10-,14+/m1/s1. The van der Waals surface area contributed by atoms with Crippen molar-refractivity contribution in [3.8, 4) is 0 Å². The highest BCUT2D eigenvalue weighted by molar-refractivity contribution is 7.89. The highest BCUT2D eigenvalue weighted by atomic mass is 32.2. The number of nitrogens with zero attached hydrogens (tertiary/aromatic N) is 1. The van der Waals surface area contributed by atoms with E-state index in [1.165, 1.54) is 0 Å². The third kappa shape index (κ3) is 2.61. The van der Waals surface area contributed by atoms with Crippen LogP contribution in [0.2, 0.25) is 0 Å². The van der Waals surface area contributed by atoms with Crippen molar-refractivity contribution in [1.82, 2.24) is 9.62 Å². The fourth-order valence-electron chi connectivity index (χ4n) is 2.95. The highest BCUT2D eigenvalue weighted by Crippen LogP contribution is 2.24. The molecule has 2 aliphatic rings. The lowest BCUT2D eigenvalue weighted by Gasteiger charge is -2.17. The Balaban J connectivity index is 1.81. The van der Waals surface area contributed by atoms with Gasteiger partial charge in [-0.05, 0) is 36.2 Å². The molecule has 0 bridgehead atoms. The van der Waals surface area contributed by atoms with Crippen molar-refractivity contribution in [1.29, 1.82) is 0 Å². The molecule has 2 heterocycles. The molecule has 0 unspecified atom stereocenters. The van der Waals surface area contributed by atoms with Crippen molar-refractivity contribution < 1.29 is 13.2 Å². The zero-order chi connectivity index (χ0) is 14.3. The Morgan fingerprint density at radius 1 is 1.25 bits per heavy atom. The van der Waals surface area contributed by atoms with Crippen LogP contribution in [-0.4, -0.2) is 39.5 Å². The highest BCUT2D eigenvalue weighted by Gasteiger charge is 2.31. The molecule has 0 amide bonds. The summed E-state index contributed by atoms with van der Waals surface area (Å²) in [5, 5.41) is 0. The first-order valence-corrected chi connectivity index (χ1v) is 8.34. The molecule has 0 aromatic heterocycles. The van der Waals surface area contributed by atoms with Gasteiger partial charge in [0, 0.05) is 19.1 Å². The maximum Gasteiger partial charge on any atom is 0.240 e. The van der Waals surface area contributed by atoms with Gasteiger partial charge in [-0.2, -0.15) is 0 Å². The zero-order valence-corrected chi connectivity index (χ0v) is 12.6. The molecule has 1 aromatic carbocycles. The molecule has 2 atom stereocenters. The summed E-state index contributed by atoms with van der Waals surface area (Å²) >= 11 is 0. The molecule has 1 fully saturated rings. The van der Waals surface area contributed by atoms with E-state index in [2.05, 4.69) is 16.5 Å². The van der Waals surface area contributed by atoms with E-state index < -0.39 is 10.0 Å². The molecule has 0 spiro atoms. The van der Waals surface area contributed by atoms with E-state index in [0.29, 0.717) is 24.0 Å². The van der Waals surface area contributed by atoms with Gasteiger partial charge in [0.25, 0.3) is 0 Å². The van der Waals surface area contributed by atoms with E-state index in [9.17, 15) is 8.42 Å². The van der Waals surface area contributed by atoms with Crippen molar-refractivity contribution in [2.75, 3.05) is 20.1 Å². The largest absolute Gasteiger partial charge is 0.372 e. The molecule has 6 heteroatoms. The van der Waals surface area contributed by atoms with Crippen LogP contribution in [-0.2, 0) is 28.0 Å². The molecule has 0 saturated carbocycles. The number of hydrogen-bond acceptors (Lipinski definition) is 4. The van der Waals surface area contributed by atoms with E-state index >= 15 is 0 Å². The van der Waals surface area contributed by atoms with Gasteiger partial charge in [-0.3, -0.25) is 0 Å². The SMILES string of the molecule is C[C@@H]1CN(C)C[C@@H]1NS(=O)(=O)c1ccc2c(c1)COC2. The van der Waals surface area contributed by atoms with Crippen LogP contribution in [0.4, 0.5) is 0 Å². The molecule has 20 heavy (non-hydrogen) atoms. The van der Waals surface area contributed by atoms with Crippen LogP contribution in [0.25, 0.3) is 0 Å². The first kappa shape index (κ1) is 14.0. The smallest absolute Gasteiger partial charge is 0.240 e. The van der Waals surface area contributed by atoms with Crippen LogP contribution in [0.5, 0.6) is 0 Å². The van der Waals surface area contributed by atoms with Crippen molar-refractivity contribution in [3.63, 3.8) is 0 Å². The minimum atomic E-state index is -3.45. The maximum atomic E-state index is 12.5. The third-order valence-electron chi connectivity index (χ3n) is 4.10. The maximum absolute atomic E-state index is 12.5. The van der Waals surface area contributed by atoms with E-state index in [1.807, 2.05) is 13.1 Å². The van der Waals surface area contributed by atoms with Gasteiger partial charge in [-0.25, -0.2) is 13.1 Å². The summed E-state index contributed by atoms with van der Waals surface area (Å²) in [5.74, 6) is 0.326. The van der Waals surface area contributed by atoms with Gasteiger partial charge in [0.05, 0.1) is 18.1 Å². The minimum absolute atomic E-state index is 0.0190. The van der Waals surface area contributed by atoms with E-state index in [0.717, 1.165) is 24.2 Å². The number of sulfonamides is 1. The summed E-state index contributed by atoms with van der Waals surface area (Å²) in [6.07, 6.45) is 0. The van der Waals surface area contributed by atoms with Gasteiger partial charge in [-0.1, -0.05) is 13.0 Å². The number of likely N-dealkylation sites (tertiary alicyclic amines) is 1. The number of likely N-dealkylation sites (N-methyl/N-ethyl adjacent to an activating group) is 1. The minimum Gasteiger partial charge on any atom is -0.372 e.